The molecule has 2 atom stereocenters. The van der Waals surface area contributed by atoms with Crippen LogP contribution in [0.25, 0.3) is 0 Å². The Labute approximate surface area is 123 Å². The summed E-state index contributed by atoms with van der Waals surface area (Å²) in [5.74, 6) is -0.290. The Balaban J connectivity index is 1.80. The number of benzene rings is 1. The van der Waals surface area contributed by atoms with Gasteiger partial charge in [0.2, 0.25) is 5.91 Å². The van der Waals surface area contributed by atoms with Crippen LogP contribution >= 0.6 is 0 Å². The molecule has 0 bridgehead atoms. The van der Waals surface area contributed by atoms with Crippen LogP contribution in [0.5, 0.6) is 0 Å². The fourth-order valence-electron chi connectivity index (χ4n) is 2.65. The molecule has 0 aromatic heterocycles. The van der Waals surface area contributed by atoms with Gasteiger partial charge < -0.3 is 19.7 Å². The van der Waals surface area contributed by atoms with Gasteiger partial charge in [0.05, 0.1) is 19.3 Å². The van der Waals surface area contributed by atoms with Crippen molar-refractivity contribution in [1.29, 1.82) is 0 Å². The molecule has 6 nitrogen and oxygen atoms in total. The summed E-state index contributed by atoms with van der Waals surface area (Å²) in [5.41, 5.74) is 0.872. The Morgan fingerprint density at radius 3 is 2.62 bits per heavy atom. The summed E-state index contributed by atoms with van der Waals surface area (Å²) in [6.45, 7) is 2.13. The van der Waals surface area contributed by atoms with Crippen LogP contribution in [-0.2, 0) is 19.1 Å². The molecule has 2 heterocycles. The summed E-state index contributed by atoms with van der Waals surface area (Å²) in [6.07, 6.45) is -0.678. The zero-order chi connectivity index (χ0) is 14.7. The lowest BCUT2D eigenvalue weighted by molar-refractivity contribution is -0.158. The van der Waals surface area contributed by atoms with Crippen molar-refractivity contribution in [3.8, 4) is 0 Å². The summed E-state index contributed by atoms with van der Waals surface area (Å²) in [7, 11) is 0. The Hall–Kier alpha value is -1.92. The number of ether oxygens (including phenoxy) is 2. The molecule has 2 aliphatic rings. The maximum atomic E-state index is 12.6. The molecule has 0 saturated carbocycles. The van der Waals surface area contributed by atoms with Crippen LogP contribution in [0.15, 0.2) is 30.3 Å². The van der Waals surface area contributed by atoms with Crippen molar-refractivity contribution in [3.05, 3.63) is 35.9 Å². The van der Waals surface area contributed by atoms with Crippen molar-refractivity contribution >= 4 is 11.8 Å². The van der Waals surface area contributed by atoms with Crippen molar-refractivity contribution in [2.45, 2.75) is 12.1 Å². The number of amides is 2. The van der Waals surface area contributed by atoms with Gasteiger partial charge in [-0.25, -0.2) is 0 Å². The topological polar surface area (TPSA) is 67.9 Å². The van der Waals surface area contributed by atoms with Crippen molar-refractivity contribution in [2.75, 3.05) is 32.9 Å². The summed E-state index contributed by atoms with van der Waals surface area (Å²) < 4.78 is 10.8. The number of nitrogens with zero attached hydrogens (tertiary/aromatic N) is 1. The third-order valence-corrected chi connectivity index (χ3v) is 3.74. The van der Waals surface area contributed by atoms with Gasteiger partial charge in [-0.1, -0.05) is 30.3 Å². The van der Waals surface area contributed by atoms with E-state index in [0.717, 1.165) is 5.56 Å². The lowest BCUT2D eigenvalue weighted by atomic mass is 9.98. The fraction of sp³-hybridized carbons (Fsp3) is 0.467. The smallest absolute Gasteiger partial charge is 0.254 e. The van der Waals surface area contributed by atoms with E-state index < -0.39 is 12.1 Å². The molecular weight excluding hydrogens is 272 g/mol. The first-order valence-corrected chi connectivity index (χ1v) is 7.08. The summed E-state index contributed by atoms with van der Waals surface area (Å²) in [4.78, 5) is 26.0. The Morgan fingerprint density at radius 1 is 1.19 bits per heavy atom. The van der Waals surface area contributed by atoms with E-state index in [-0.39, 0.29) is 18.4 Å². The molecule has 1 aromatic carbocycles. The highest BCUT2D eigenvalue weighted by Gasteiger charge is 2.38. The zero-order valence-electron chi connectivity index (χ0n) is 11.7. The van der Waals surface area contributed by atoms with Crippen LogP contribution in [0, 0.1) is 0 Å². The highest BCUT2D eigenvalue weighted by molar-refractivity contribution is 5.86. The highest BCUT2D eigenvalue weighted by atomic mass is 16.5. The zero-order valence-corrected chi connectivity index (χ0v) is 11.7. The van der Waals surface area contributed by atoms with Crippen LogP contribution in [0.1, 0.15) is 11.6 Å². The largest absolute Gasteiger partial charge is 0.378 e. The molecule has 21 heavy (non-hydrogen) atoms. The predicted molar refractivity (Wildman–Crippen MR) is 74.5 cm³/mol. The van der Waals surface area contributed by atoms with Gasteiger partial charge in [-0.05, 0) is 5.56 Å². The number of hydrogen-bond acceptors (Lipinski definition) is 4. The standard InChI is InChI=1S/C15H18N2O4/c18-12-10-21-14(15(19)17-6-8-20-9-7-17)13(16-12)11-4-2-1-3-5-11/h1-5,13-14H,6-10H2,(H,16,18)/t13-,14+/m1/s1. The predicted octanol–water partition coefficient (Wildman–Crippen LogP) is 0.101. The van der Waals surface area contributed by atoms with Crippen molar-refractivity contribution < 1.29 is 19.1 Å². The molecule has 6 heteroatoms. The van der Waals surface area contributed by atoms with E-state index in [1.54, 1.807) is 4.90 Å². The van der Waals surface area contributed by atoms with Crippen molar-refractivity contribution in [2.24, 2.45) is 0 Å². The maximum Gasteiger partial charge on any atom is 0.254 e. The summed E-state index contributed by atoms with van der Waals surface area (Å²) >= 11 is 0. The molecule has 1 N–H and O–H groups in total. The number of carbonyl (C=O) groups is 2. The summed E-state index contributed by atoms with van der Waals surface area (Å²) in [5, 5.41) is 2.86. The first kappa shape index (κ1) is 14.0. The van der Waals surface area contributed by atoms with Crippen LogP contribution in [0.2, 0.25) is 0 Å². The van der Waals surface area contributed by atoms with E-state index in [1.165, 1.54) is 0 Å². The van der Waals surface area contributed by atoms with Crippen molar-refractivity contribution in [3.63, 3.8) is 0 Å². The molecule has 0 spiro atoms. The van der Waals surface area contributed by atoms with Gasteiger partial charge in [-0.3, -0.25) is 9.59 Å². The minimum absolute atomic E-state index is 0.0793. The monoisotopic (exact) mass is 290 g/mol. The second kappa shape index (κ2) is 6.24. The molecule has 112 valence electrons. The lowest BCUT2D eigenvalue weighted by Gasteiger charge is -2.36. The first-order chi connectivity index (χ1) is 10.3. The fourth-order valence-corrected chi connectivity index (χ4v) is 2.65. The second-order valence-electron chi connectivity index (χ2n) is 5.13. The van der Waals surface area contributed by atoms with E-state index in [2.05, 4.69) is 5.32 Å². The SMILES string of the molecule is O=C1CO[C@H](C(=O)N2CCOCC2)[C@@H](c2ccccc2)N1. The van der Waals surface area contributed by atoms with Crippen LogP contribution in [0.4, 0.5) is 0 Å². The minimum Gasteiger partial charge on any atom is -0.378 e. The molecule has 2 aliphatic heterocycles. The normalized spacial score (nSPS) is 26.3. The van der Waals surface area contributed by atoms with E-state index >= 15 is 0 Å². The lowest BCUT2D eigenvalue weighted by Crippen LogP contribution is -2.55. The van der Waals surface area contributed by atoms with Gasteiger partial charge in [-0.15, -0.1) is 0 Å². The number of hydrogen-bond donors (Lipinski definition) is 1. The molecular formula is C15H18N2O4. The molecule has 0 aliphatic carbocycles. The maximum absolute atomic E-state index is 12.6. The summed E-state index contributed by atoms with van der Waals surface area (Å²) in [6, 6.07) is 8.99. The Kier molecular flexibility index (Phi) is 4.17. The molecule has 2 fully saturated rings. The highest BCUT2D eigenvalue weighted by Crippen LogP contribution is 2.24. The van der Waals surface area contributed by atoms with Gasteiger partial charge in [0.25, 0.3) is 5.91 Å². The van der Waals surface area contributed by atoms with E-state index in [9.17, 15) is 9.59 Å². The number of rotatable bonds is 2. The minimum atomic E-state index is -0.678. The van der Waals surface area contributed by atoms with Crippen LogP contribution < -0.4 is 5.32 Å². The second-order valence-corrected chi connectivity index (χ2v) is 5.13. The average Bonchev–Trinajstić information content (AvgIpc) is 2.56. The quantitative estimate of drug-likeness (QED) is 0.839. The average molecular weight is 290 g/mol. The number of nitrogens with one attached hydrogen (secondary N) is 1. The van der Waals surface area contributed by atoms with Gasteiger partial charge in [-0.2, -0.15) is 0 Å². The molecule has 3 rings (SSSR count). The van der Waals surface area contributed by atoms with Gasteiger partial charge in [0, 0.05) is 13.1 Å². The molecule has 0 unspecified atom stereocenters. The molecule has 2 amide bonds. The molecule has 2 saturated heterocycles. The first-order valence-electron chi connectivity index (χ1n) is 7.08. The Morgan fingerprint density at radius 2 is 1.90 bits per heavy atom. The third kappa shape index (κ3) is 3.06. The Bertz CT molecular complexity index is 514. The molecule has 1 aromatic rings. The van der Waals surface area contributed by atoms with Gasteiger partial charge in [0.1, 0.15) is 6.61 Å². The van der Waals surface area contributed by atoms with Crippen molar-refractivity contribution in [1.82, 2.24) is 10.2 Å². The van der Waals surface area contributed by atoms with E-state index in [4.69, 9.17) is 9.47 Å². The molecule has 0 radical (unpaired) electrons. The third-order valence-electron chi connectivity index (χ3n) is 3.74. The van der Waals surface area contributed by atoms with Crippen LogP contribution in [0.3, 0.4) is 0 Å². The van der Waals surface area contributed by atoms with E-state index in [1.807, 2.05) is 30.3 Å². The number of morpholine rings is 2. The van der Waals surface area contributed by atoms with Gasteiger partial charge >= 0.3 is 0 Å². The van der Waals surface area contributed by atoms with Gasteiger partial charge in [0.15, 0.2) is 6.10 Å². The number of carbonyl (C=O) groups excluding carboxylic acids is 2. The van der Waals surface area contributed by atoms with Crippen LogP contribution in [-0.4, -0.2) is 55.7 Å². The van der Waals surface area contributed by atoms with E-state index in [0.29, 0.717) is 26.3 Å².